The second kappa shape index (κ2) is 5.81. The largest absolute Gasteiger partial charge is 0.299 e. The predicted octanol–water partition coefficient (Wildman–Crippen LogP) is 4.39. The first-order chi connectivity index (χ1) is 8.15. The Hall–Kier alpha value is -0.630. The zero-order valence-corrected chi connectivity index (χ0v) is 11.9. The molecule has 1 nitrogen and oxygen atoms in total. The molecule has 0 radical (unpaired) electrons. The van der Waals surface area contributed by atoms with Crippen LogP contribution in [-0.4, -0.2) is 5.78 Å². The van der Waals surface area contributed by atoms with Gasteiger partial charge in [0.15, 0.2) is 0 Å². The van der Waals surface area contributed by atoms with Gasteiger partial charge in [-0.3, -0.25) is 4.79 Å². The van der Waals surface area contributed by atoms with Crippen LogP contribution in [0.2, 0.25) is 0 Å². The highest BCUT2D eigenvalue weighted by molar-refractivity contribution is 9.10. The van der Waals surface area contributed by atoms with Crippen molar-refractivity contribution < 1.29 is 4.79 Å². The summed E-state index contributed by atoms with van der Waals surface area (Å²) in [4.78, 5) is 12.2. The molecule has 1 aromatic carbocycles. The molecule has 0 bridgehead atoms. The molecule has 17 heavy (non-hydrogen) atoms. The monoisotopic (exact) mass is 294 g/mol. The first kappa shape index (κ1) is 12.8. The van der Waals surface area contributed by atoms with Gasteiger partial charge in [0.25, 0.3) is 0 Å². The fourth-order valence-corrected chi connectivity index (χ4v) is 2.94. The van der Waals surface area contributed by atoms with Crippen molar-refractivity contribution >= 4 is 21.7 Å². The summed E-state index contributed by atoms with van der Waals surface area (Å²) in [6.07, 6.45) is 5.31. The maximum absolute atomic E-state index is 12.2. The van der Waals surface area contributed by atoms with Gasteiger partial charge in [0, 0.05) is 16.8 Å². The molecule has 0 amide bonds. The van der Waals surface area contributed by atoms with E-state index in [1.54, 1.807) is 0 Å². The van der Waals surface area contributed by atoms with Crippen LogP contribution in [0.1, 0.15) is 38.2 Å². The van der Waals surface area contributed by atoms with Crippen LogP contribution in [0.4, 0.5) is 0 Å². The Morgan fingerprint density at radius 1 is 1.29 bits per heavy atom. The fourth-order valence-electron chi connectivity index (χ4n) is 2.67. The van der Waals surface area contributed by atoms with Crippen molar-refractivity contribution in [3.8, 4) is 0 Å². The molecule has 2 unspecified atom stereocenters. The highest BCUT2D eigenvalue weighted by Gasteiger charge is 2.24. The summed E-state index contributed by atoms with van der Waals surface area (Å²) >= 11 is 3.41. The van der Waals surface area contributed by atoms with E-state index in [-0.39, 0.29) is 0 Å². The van der Waals surface area contributed by atoms with Gasteiger partial charge in [-0.25, -0.2) is 0 Å². The van der Waals surface area contributed by atoms with Crippen molar-refractivity contribution in [1.29, 1.82) is 0 Å². The lowest BCUT2D eigenvalue weighted by Gasteiger charge is -2.25. The number of carbonyl (C=O) groups is 1. The third kappa shape index (κ3) is 3.67. The lowest BCUT2D eigenvalue weighted by Crippen LogP contribution is -2.23. The SMILES string of the molecule is CC1CCCC(C(=O)Cc2ccc(Br)cc2)C1. The van der Waals surface area contributed by atoms with Gasteiger partial charge in [0.2, 0.25) is 0 Å². The molecule has 0 spiro atoms. The van der Waals surface area contributed by atoms with E-state index in [0.717, 1.165) is 28.8 Å². The average Bonchev–Trinajstić information content (AvgIpc) is 2.32. The van der Waals surface area contributed by atoms with Crippen molar-refractivity contribution in [2.45, 2.75) is 39.0 Å². The molecular weight excluding hydrogens is 276 g/mol. The Kier molecular flexibility index (Phi) is 4.38. The number of hydrogen-bond donors (Lipinski definition) is 0. The predicted molar refractivity (Wildman–Crippen MR) is 74.0 cm³/mol. The summed E-state index contributed by atoms with van der Waals surface area (Å²) in [5, 5.41) is 0. The summed E-state index contributed by atoms with van der Waals surface area (Å²) in [7, 11) is 0. The quantitative estimate of drug-likeness (QED) is 0.808. The summed E-state index contributed by atoms with van der Waals surface area (Å²) in [6.45, 7) is 2.26. The van der Waals surface area contributed by atoms with E-state index >= 15 is 0 Å². The van der Waals surface area contributed by atoms with E-state index < -0.39 is 0 Å². The molecule has 1 saturated carbocycles. The van der Waals surface area contributed by atoms with Gasteiger partial charge < -0.3 is 0 Å². The number of halogens is 1. The topological polar surface area (TPSA) is 17.1 Å². The Morgan fingerprint density at radius 3 is 2.65 bits per heavy atom. The third-order valence-corrected chi connectivity index (χ3v) is 4.21. The van der Waals surface area contributed by atoms with Crippen molar-refractivity contribution in [3.05, 3.63) is 34.3 Å². The van der Waals surface area contributed by atoms with Crippen molar-refractivity contribution in [3.63, 3.8) is 0 Å². The van der Waals surface area contributed by atoms with Crippen molar-refractivity contribution in [1.82, 2.24) is 0 Å². The third-order valence-electron chi connectivity index (χ3n) is 3.68. The van der Waals surface area contributed by atoms with Crippen molar-refractivity contribution in [2.75, 3.05) is 0 Å². The van der Waals surface area contributed by atoms with Crippen LogP contribution in [0.25, 0.3) is 0 Å². The Bertz CT molecular complexity index is 382. The molecule has 1 fully saturated rings. The van der Waals surface area contributed by atoms with Gasteiger partial charge in [-0.05, 0) is 36.5 Å². The van der Waals surface area contributed by atoms with Crippen LogP contribution in [0, 0.1) is 11.8 Å². The van der Waals surface area contributed by atoms with Crippen molar-refractivity contribution in [2.24, 2.45) is 11.8 Å². The molecule has 0 N–H and O–H groups in total. The van der Waals surface area contributed by atoms with Crippen LogP contribution in [0.15, 0.2) is 28.7 Å². The number of Topliss-reactive ketones (excluding diaryl/α,β-unsaturated/α-hetero) is 1. The van der Waals surface area contributed by atoms with Crippen LogP contribution in [-0.2, 0) is 11.2 Å². The molecule has 0 aromatic heterocycles. The Morgan fingerprint density at radius 2 is 2.00 bits per heavy atom. The molecule has 2 rings (SSSR count). The molecular formula is C15H19BrO. The minimum atomic E-state index is 0.308. The average molecular weight is 295 g/mol. The molecule has 0 heterocycles. The molecule has 0 saturated heterocycles. The first-order valence-electron chi connectivity index (χ1n) is 6.42. The number of ketones is 1. The van der Waals surface area contributed by atoms with E-state index in [4.69, 9.17) is 0 Å². The molecule has 2 heteroatoms. The normalized spacial score (nSPS) is 24.6. The van der Waals surface area contributed by atoms with Gasteiger partial charge in [-0.2, -0.15) is 0 Å². The fraction of sp³-hybridized carbons (Fsp3) is 0.533. The second-order valence-corrected chi connectivity index (χ2v) is 6.15. The molecule has 2 atom stereocenters. The summed E-state index contributed by atoms with van der Waals surface area (Å²) in [6, 6.07) is 8.08. The smallest absolute Gasteiger partial charge is 0.140 e. The number of rotatable bonds is 3. The van der Waals surface area contributed by atoms with E-state index in [1.165, 1.54) is 12.8 Å². The second-order valence-electron chi connectivity index (χ2n) is 5.24. The van der Waals surface area contributed by atoms with Crippen LogP contribution < -0.4 is 0 Å². The van der Waals surface area contributed by atoms with E-state index in [1.807, 2.05) is 24.3 Å². The molecule has 0 aliphatic heterocycles. The van der Waals surface area contributed by atoms with Gasteiger partial charge in [-0.1, -0.05) is 47.8 Å². The van der Waals surface area contributed by atoms with Crippen LogP contribution in [0.3, 0.4) is 0 Å². The molecule has 1 aliphatic carbocycles. The number of benzene rings is 1. The minimum absolute atomic E-state index is 0.308. The van der Waals surface area contributed by atoms with E-state index in [9.17, 15) is 4.79 Å². The number of hydrogen-bond acceptors (Lipinski definition) is 1. The Labute approximate surface area is 112 Å². The molecule has 92 valence electrons. The lowest BCUT2D eigenvalue weighted by molar-refractivity contribution is -0.123. The van der Waals surface area contributed by atoms with Gasteiger partial charge in [0.1, 0.15) is 5.78 Å². The maximum Gasteiger partial charge on any atom is 0.140 e. The Balaban J connectivity index is 1.94. The van der Waals surface area contributed by atoms with Gasteiger partial charge in [-0.15, -0.1) is 0 Å². The van der Waals surface area contributed by atoms with Crippen LogP contribution in [0.5, 0.6) is 0 Å². The highest BCUT2D eigenvalue weighted by atomic mass is 79.9. The van der Waals surface area contributed by atoms with Gasteiger partial charge >= 0.3 is 0 Å². The lowest BCUT2D eigenvalue weighted by atomic mass is 9.79. The van der Waals surface area contributed by atoms with E-state index in [0.29, 0.717) is 18.1 Å². The molecule has 1 aliphatic rings. The molecule has 1 aromatic rings. The van der Waals surface area contributed by atoms with Gasteiger partial charge in [0.05, 0.1) is 0 Å². The summed E-state index contributed by atoms with van der Waals surface area (Å²) < 4.78 is 1.07. The zero-order valence-electron chi connectivity index (χ0n) is 10.3. The minimum Gasteiger partial charge on any atom is -0.299 e. The number of carbonyl (C=O) groups excluding carboxylic acids is 1. The summed E-state index contributed by atoms with van der Waals surface area (Å²) in [5.74, 6) is 1.46. The van der Waals surface area contributed by atoms with Crippen LogP contribution >= 0.6 is 15.9 Å². The van der Waals surface area contributed by atoms with E-state index in [2.05, 4.69) is 22.9 Å². The summed E-state index contributed by atoms with van der Waals surface area (Å²) in [5.41, 5.74) is 1.14. The highest BCUT2D eigenvalue weighted by Crippen LogP contribution is 2.29. The standard InChI is InChI=1S/C15H19BrO/c1-11-3-2-4-13(9-11)15(17)10-12-5-7-14(16)8-6-12/h5-8,11,13H,2-4,9-10H2,1H3. The maximum atomic E-state index is 12.2. The zero-order chi connectivity index (χ0) is 12.3. The first-order valence-corrected chi connectivity index (χ1v) is 7.21.